The average molecular weight is 603 g/mol. The lowest BCUT2D eigenvalue weighted by molar-refractivity contribution is -0.141. The van der Waals surface area contributed by atoms with Crippen molar-refractivity contribution in [3.05, 3.63) is 124 Å². The molecule has 1 aromatic heterocycles. The zero-order chi connectivity index (χ0) is 29.5. The molecule has 10 heteroatoms. The molecule has 0 aliphatic rings. The maximum atomic E-state index is 13.4. The van der Waals surface area contributed by atoms with E-state index < -0.39 is 17.9 Å². The first-order valence-electron chi connectivity index (χ1n) is 12.8. The van der Waals surface area contributed by atoms with E-state index in [-0.39, 0.29) is 35.6 Å². The number of carbonyl (C=O) groups excluding carboxylic acids is 1. The number of ether oxygens (including phenoxy) is 2. The van der Waals surface area contributed by atoms with Gasteiger partial charge in [0.25, 0.3) is 5.91 Å². The normalized spacial score (nSPS) is 11.6. The second kappa shape index (κ2) is 13.4. The van der Waals surface area contributed by atoms with E-state index in [0.29, 0.717) is 27.6 Å². The second-order valence-electron chi connectivity index (χ2n) is 9.13. The third-order valence-corrected chi connectivity index (χ3v) is 6.84. The van der Waals surface area contributed by atoms with Crippen molar-refractivity contribution < 1.29 is 28.6 Å². The molecule has 1 amide bonds. The average Bonchev–Trinajstić information content (AvgIpc) is 3.45. The van der Waals surface area contributed by atoms with E-state index in [1.807, 2.05) is 60.7 Å². The molecule has 8 nitrogen and oxygen atoms in total. The van der Waals surface area contributed by atoms with E-state index in [0.717, 1.165) is 5.56 Å². The molecule has 1 atom stereocenters. The molecule has 0 spiro atoms. The summed E-state index contributed by atoms with van der Waals surface area (Å²) in [5, 5.41) is 12.8. The van der Waals surface area contributed by atoms with Crippen molar-refractivity contribution in [2.75, 3.05) is 6.61 Å². The van der Waals surface area contributed by atoms with Gasteiger partial charge in [0.05, 0.1) is 23.3 Å². The number of para-hydroxylation sites is 1. The number of nitrogens with zero attached hydrogens (tertiary/aromatic N) is 1. The molecule has 1 heterocycles. The van der Waals surface area contributed by atoms with Crippen LogP contribution in [0.5, 0.6) is 11.5 Å². The van der Waals surface area contributed by atoms with Gasteiger partial charge in [-0.15, -0.1) is 0 Å². The number of carboxylic acid groups (broad SMARTS) is 1. The molecule has 5 aromatic rings. The molecule has 0 saturated carbocycles. The summed E-state index contributed by atoms with van der Waals surface area (Å²) in [5.41, 5.74) is 1.75. The van der Waals surface area contributed by atoms with E-state index in [1.165, 1.54) is 0 Å². The standard InChI is InChI=1S/C32H24Cl2N2O6/c33-25-16-13-22(17-26(25)34)29-28(30(37)35-27(32(38)39)19-40-18-20-7-3-1-4-8-20)36-31(42-29)21-11-14-24(15-12-21)41-23-9-5-2-6-10-23/h1-17,27H,18-19H2,(H,35,37)(H,38,39). The summed E-state index contributed by atoms with van der Waals surface area (Å²) in [5.74, 6) is -0.502. The van der Waals surface area contributed by atoms with Crippen LogP contribution < -0.4 is 10.1 Å². The van der Waals surface area contributed by atoms with Crippen molar-refractivity contribution in [1.29, 1.82) is 0 Å². The fraction of sp³-hybridized carbons (Fsp3) is 0.0938. The highest BCUT2D eigenvalue weighted by Crippen LogP contribution is 2.34. The maximum absolute atomic E-state index is 13.4. The largest absolute Gasteiger partial charge is 0.480 e. The zero-order valence-electron chi connectivity index (χ0n) is 22.0. The Morgan fingerprint density at radius 1 is 0.833 bits per heavy atom. The summed E-state index contributed by atoms with van der Waals surface area (Å²) in [6.07, 6.45) is 0. The van der Waals surface area contributed by atoms with Crippen molar-refractivity contribution in [3.63, 3.8) is 0 Å². The molecule has 4 aromatic carbocycles. The van der Waals surface area contributed by atoms with Crippen LogP contribution in [0.1, 0.15) is 16.1 Å². The number of carbonyl (C=O) groups is 2. The summed E-state index contributed by atoms with van der Waals surface area (Å²) in [4.78, 5) is 29.8. The molecule has 42 heavy (non-hydrogen) atoms. The third-order valence-electron chi connectivity index (χ3n) is 6.10. The first-order chi connectivity index (χ1) is 20.4. The highest BCUT2D eigenvalue weighted by atomic mass is 35.5. The molecule has 0 aliphatic carbocycles. The van der Waals surface area contributed by atoms with E-state index in [9.17, 15) is 14.7 Å². The van der Waals surface area contributed by atoms with Gasteiger partial charge < -0.3 is 24.3 Å². The predicted molar refractivity (Wildman–Crippen MR) is 159 cm³/mol. The molecular weight excluding hydrogens is 579 g/mol. The minimum Gasteiger partial charge on any atom is -0.480 e. The molecule has 0 bridgehead atoms. The van der Waals surface area contributed by atoms with Gasteiger partial charge in [0.15, 0.2) is 17.5 Å². The molecule has 212 valence electrons. The SMILES string of the molecule is O=C(NC(COCc1ccccc1)C(=O)O)c1nc(-c2ccc(Oc3ccccc3)cc2)oc1-c1ccc(Cl)c(Cl)c1. The maximum Gasteiger partial charge on any atom is 0.328 e. The fourth-order valence-corrected chi connectivity index (χ4v) is 4.29. The number of hydrogen-bond donors (Lipinski definition) is 2. The molecule has 5 rings (SSSR count). The smallest absolute Gasteiger partial charge is 0.328 e. The van der Waals surface area contributed by atoms with Gasteiger partial charge in [-0.2, -0.15) is 0 Å². The summed E-state index contributed by atoms with van der Waals surface area (Å²) in [6, 6.07) is 29.0. The van der Waals surface area contributed by atoms with Crippen LogP contribution in [0.25, 0.3) is 22.8 Å². The molecule has 2 N–H and O–H groups in total. The van der Waals surface area contributed by atoms with Crippen LogP contribution in [0.15, 0.2) is 108 Å². The van der Waals surface area contributed by atoms with Gasteiger partial charge >= 0.3 is 5.97 Å². The van der Waals surface area contributed by atoms with E-state index in [2.05, 4.69) is 10.3 Å². The summed E-state index contributed by atoms with van der Waals surface area (Å²) >= 11 is 12.3. The van der Waals surface area contributed by atoms with Gasteiger partial charge in [0, 0.05) is 11.1 Å². The van der Waals surface area contributed by atoms with Gasteiger partial charge in [0.2, 0.25) is 5.89 Å². The predicted octanol–water partition coefficient (Wildman–Crippen LogP) is 7.51. The highest BCUT2D eigenvalue weighted by molar-refractivity contribution is 6.42. The Hall–Kier alpha value is -4.63. The Bertz CT molecular complexity index is 1680. The van der Waals surface area contributed by atoms with Gasteiger partial charge in [-0.1, -0.05) is 71.7 Å². The van der Waals surface area contributed by atoms with E-state index >= 15 is 0 Å². The van der Waals surface area contributed by atoms with Gasteiger partial charge in [-0.05, 0) is 60.2 Å². The highest BCUT2D eigenvalue weighted by Gasteiger charge is 2.27. The molecule has 0 saturated heterocycles. The summed E-state index contributed by atoms with van der Waals surface area (Å²) in [6.45, 7) is -0.0707. The number of halogens is 2. The Morgan fingerprint density at radius 3 is 2.14 bits per heavy atom. The van der Waals surface area contributed by atoms with Crippen molar-refractivity contribution in [3.8, 4) is 34.3 Å². The molecule has 1 unspecified atom stereocenters. The van der Waals surface area contributed by atoms with Gasteiger partial charge in [-0.25, -0.2) is 9.78 Å². The quantitative estimate of drug-likeness (QED) is 0.161. The van der Waals surface area contributed by atoms with Crippen LogP contribution in [0.4, 0.5) is 0 Å². The van der Waals surface area contributed by atoms with Gasteiger partial charge in [-0.3, -0.25) is 4.79 Å². The van der Waals surface area contributed by atoms with Crippen LogP contribution in [-0.4, -0.2) is 34.6 Å². The number of hydrogen-bond acceptors (Lipinski definition) is 6. The summed E-state index contributed by atoms with van der Waals surface area (Å²) < 4.78 is 17.5. The zero-order valence-corrected chi connectivity index (χ0v) is 23.5. The van der Waals surface area contributed by atoms with Crippen LogP contribution in [-0.2, 0) is 16.1 Å². The van der Waals surface area contributed by atoms with E-state index in [4.69, 9.17) is 37.1 Å². The monoisotopic (exact) mass is 602 g/mol. The van der Waals surface area contributed by atoms with E-state index in [1.54, 1.807) is 42.5 Å². The molecule has 0 radical (unpaired) electrons. The Kier molecular flexibility index (Phi) is 9.18. The van der Waals surface area contributed by atoms with Gasteiger partial charge in [0.1, 0.15) is 11.5 Å². The lowest BCUT2D eigenvalue weighted by atomic mass is 10.1. The first kappa shape index (κ1) is 28.9. The Balaban J connectivity index is 1.39. The molecule has 0 aliphatic heterocycles. The number of aromatic nitrogens is 1. The molecule has 0 fully saturated rings. The van der Waals surface area contributed by atoms with Crippen molar-refractivity contribution in [2.45, 2.75) is 12.6 Å². The lowest BCUT2D eigenvalue weighted by Crippen LogP contribution is -2.44. The fourth-order valence-electron chi connectivity index (χ4n) is 3.99. The first-order valence-corrected chi connectivity index (χ1v) is 13.6. The summed E-state index contributed by atoms with van der Waals surface area (Å²) in [7, 11) is 0. The topological polar surface area (TPSA) is 111 Å². The lowest BCUT2D eigenvalue weighted by Gasteiger charge is -2.14. The number of carboxylic acids is 1. The van der Waals surface area contributed by atoms with Crippen molar-refractivity contribution >= 4 is 35.1 Å². The molecular formula is C32H24Cl2N2O6. The van der Waals surface area contributed by atoms with Crippen LogP contribution in [0, 0.1) is 0 Å². The third kappa shape index (κ3) is 7.16. The number of amides is 1. The number of rotatable bonds is 11. The Labute approximate surface area is 251 Å². The van der Waals surface area contributed by atoms with Crippen molar-refractivity contribution in [1.82, 2.24) is 10.3 Å². The number of nitrogens with one attached hydrogen (secondary N) is 1. The van der Waals surface area contributed by atoms with Crippen LogP contribution >= 0.6 is 23.2 Å². The Morgan fingerprint density at radius 2 is 1.48 bits per heavy atom. The van der Waals surface area contributed by atoms with Crippen molar-refractivity contribution in [2.24, 2.45) is 0 Å². The number of aliphatic carboxylic acids is 1. The van der Waals surface area contributed by atoms with Crippen LogP contribution in [0.2, 0.25) is 10.0 Å². The minimum absolute atomic E-state index is 0.0972. The minimum atomic E-state index is -1.34. The van der Waals surface area contributed by atoms with Crippen LogP contribution in [0.3, 0.4) is 0 Å². The number of oxazole rings is 1. The number of benzene rings is 4. The second-order valence-corrected chi connectivity index (χ2v) is 9.94.